The fourth-order valence-electron chi connectivity index (χ4n) is 4.40. The zero-order valence-electron chi connectivity index (χ0n) is 19.4. The van der Waals surface area contributed by atoms with Gasteiger partial charge >= 0.3 is 0 Å². The molecule has 190 valence electrons. The van der Waals surface area contributed by atoms with Gasteiger partial charge in [0, 0.05) is 49.6 Å². The van der Waals surface area contributed by atoms with Gasteiger partial charge < -0.3 is 10.2 Å². The van der Waals surface area contributed by atoms with Crippen LogP contribution < -0.4 is 5.32 Å². The number of thioether (sulfide) groups is 1. The largest absolute Gasteiger partial charge is 0.352 e. The molecule has 3 aromatic rings. The highest BCUT2D eigenvalue weighted by Crippen LogP contribution is 2.39. The number of carbonyl (C=O) groups is 1. The number of aromatic amines is 1. The third-order valence-corrected chi connectivity index (χ3v) is 7.27. The lowest BCUT2D eigenvalue weighted by Gasteiger charge is -2.34. The van der Waals surface area contributed by atoms with Gasteiger partial charge in [0.05, 0.1) is 16.1 Å². The maximum Gasteiger partial charge on any atom is 0.258 e. The molecular weight excluding hydrogens is 525 g/mol. The van der Waals surface area contributed by atoms with Gasteiger partial charge in [0.25, 0.3) is 5.91 Å². The first-order valence-electron chi connectivity index (χ1n) is 11.4. The Kier molecular flexibility index (Phi) is 11.9. The minimum atomic E-state index is -0.00446. The normalized spacial score (nSPS) is 15.4. The summed E-state index contributed by atoms with van der Waals surface area (Å²) in [6.07, 6.45) is 3.99. The SMILES string of the molecule is Cl.Cl.Cl.O=C(NCCCCN1CCN(Cc2ccccc2)CC1)C1=Cc2n[nH]c3cccc(c23)S1. The van der Waals surface area contributed by atoms with E-state index >= 15 is 0 Å². The number of halogens is 3. The molecule has 2 aliphatic heterocycles. The molecule has 6 nitrogen and oxygen atoms in total. The van der Waals surface area contributed by atoms with Crippen molar-refractivity contribution in [2.45, 2.75) is 24.3 Å². The number of benzene rings is 2. The van der Waals surface area contributed by atoms with Crippen molar-refractivity contribution in [3.05, 3.63) is 64.7 Å². The third kappa shape index (κ3) is 7.38. The molecule has 1 saturated heterocycles. The number of nitrogens with zero attached hydrogens (tertiary/aromatic N) is 3. The van der Waals surface area contributed by atoms with E-state index in [1.54, 1.807) is 0 Å². The van der Waals surface area contributed by atoms with E-state index in [2.05, 4.69) is 55.6 Å². The number of carbonyl (C=O) groups excluding carboxylic acids is 1. The van der Waals surface area contributed by atoms with Gasteiger partial charge in [0.2, 0.25) is 0 Å². The Balaban J connectivity index is 0.00000144. The number of rotatable bonds is 8. The highest BCUT2D eigenvalue weighted by Gasteiger charge is 2.21. The number of piperazine rings is 1. The standard InChI is InChI=1S/C25H29N5OS.3ClH/c31-25(23-17-21-24-20(27-28-21)9-6-10-22(24)32-23)26-11-4-5-12-29-13-15-30(16-14-29)18-19-7-2-1-3-8-19;;;/h1-3,6-10,17H,4-5,11-16,18H2,(H,26,31)(H,27,28);3*1H. The van der Waals surface area contributed by atoms with Crippen LogP contribution in [0.3, 0.4) is 0 Å². The molecule has 2 aromatic carbocycles. The van der Waals surface area contributed by atoms with Gasteiger partial charge in [-0.25, -0.2) is 0 Å². The summed E-state index contributed by atoms with van der Waals surface area (Å²) in [5.74, 6) is -0.00446. The molecule has 0 aliphatic carbocycles. The average molecular weight is 557 g/mol. The lowest BCUT2D eigenvalue weighted by molar-refractivity contribution is -0.116. The lowest BCUT2D eigenvalue weighted by Crippen LogP contribution is -2.46. The Morgan fingerprint density at radius 1 is 0.943 bits per heavy atom. The Hall–Kier alpha value is -1.74. The maximum absolute atomic E-state index is 12.6. The fourth-order valence-corrected chi connectivity index (χ4v) is 5.44. The number of H-pyrrole nitrogens is 1. The topological polar surface area (TPSA) is 64.3 Å². The molecule has 35 heavy (non-hydrogen) atoms. The van der Waals surface area contributed by atoms with Crippen molar-refractivity contribution in [3.8, 4) is 0 Å². The lowest BCUT2D eigenvalue weighted by atomic mass is 10.2. The molecule has 0 atom stereocenters. The summed E-state index contributed by atoms with van der Waals surface area (Å²) in [5.41, 5.74) is 3.26. The van der Waals surface area contributed by atoms with Gasteiger partial charge in [0.1, 0.15) is 0 Å². The van der Waals surface area contributed by atoms with Crippen LogP contribution in [0, 0.1) is 0 Å². The van der Waals surface area contributed by atoms with Gasteiger partial charge in [-0.1, -0.05) is 48.2 Å². The summed E-state index contributed by atoms with van der Waals surface area (Å²) in [4.78, 5) is 19.5. The summed E-state index contributed by atoms with van der Waals surface area (Å²) >= 11 is 1.53. The summed E-state index contributed by atoms with van der Waals surface area (Å²) in [7, 11) is 0. The van der Waals surface area contributed by atoms with E-state index in [0.717, 1.165) is 73.6 Å². The van der Waals surface area contributed by atoms with Crippen LogP contribution in [0.15, 0.2) is 58.3 Å². The highest BCUT2D eigenvalue weighted by molar-refractivity contribution is 8.04. The van der Waals surface area contributed by atoms with E-state index in [1.807, 2.05) is 24.3 Å². The van der Waals surface area contributed by atoms with E-state index < -0.39 is 0 Å². The molecule has 1 amide bonds. The number of nitrogens with one attached hydrogen (secondary N) is 2. The highest BCUT2D eigenvalue weighted by atomic mass is 35.5. The first-order chi connectivity index (χ1) is 15.8. The molecule has 2 N–H and O–H groups in total. The van der Waals surface area contributed by atoms with Crippen molar-refractivity contribution in [2.75, 3.05) is 39.3 Å². The summed E-state index contributed by atoms with van der Waals surface area (Å²) in [6.45, 7) is 7.36. The van der Waals surface area contributed by atoms with Gasteiger partial charge in [-0.15, -0.1) is 37.2 Å². The molecule has 0 unspecified atom stereocenters. The average Bonchev–Trinajstić information content (AvgIpc) is 3.25. The smallest absolute Gasteiger partial charge is 0.258 e. The molecule has 2 aliphatic rings. The third-order valence-electron chi connectivity index (χ3n) is 6.19. The van der Waals surface area contributed by atoms with Crippen LogP contribution in [-0.4, -0.2) is 65.2 Å². The second-order valence-electron chi connectivity index (χ2n) is 8.46. The van der Waals surface area contributed by atoms with Crippen molar-refractivity contribution in [3.63, 3.8) is 0 Å². The van der Waals surface area contributed by atoms with E-state index in [0.29, 0.717) is 11.4 Å². The van der Waals surface area contributed by atoms with Crippen molar-refractivity contribution < 1.29 is 4.79 Å². The second-order valence-corrected chi connectivity index (χ2v) is 9.55. The van der Waals surface area contributed by atoms with Crippen LogP contribution in [0.25, 0.3) is 17.0 Å². The van der Waals surface area contributed by atoms with E-state index in [1.165, 1.54) is 17.3 Å². The predicted molar refractivity (Wildman–Crippen MR) is 152 cm³/mol. The molecule has 0 spiro atoms. The molecule has 0 radical (unpaired) electrons. The predicted octanol–water partition coefficient (Wildman–Crippen LogP) is 4.99. The molecule has 0 saturated carbocycles. The van der Waals surface area contributed by atoms with Gasteiger partial charge in [0.15, 0.2) is 0 Å². The maximum atomic E-state index is 12.6. The van der Waals surface area contributed by atoms with Crippen LogP contribution >= 0.6 is 49.0 Å². The molecular formula is C25H32Cl3N5OS. The zero-order chi connectivity index (χ0) is 21.8. The number of unbranched alkanes of at least 4 members (excludes halogenated alkanes) is 1. The summed E-state index contributed by atoms with van der Waals surface area (Å²) < 4.78 is 0. The second kappa shape index (κ2) is 14.1. The molecule has 1 fully saturated rings. The van der Waals surface area contributed by atoms with Gasteiger partial charge in [-0.3, -0.25) is 14.8 Å². The first-order valence-corrected chi connectivity index (χ1v) is 12.2. The van der Waals surface area contributed by atoms with Crippen LogP contribution in [0.5, 0.6) is 0 Å². The fraction of sp³-hybridized carbons (Fsp3) is 0.360. The Morgan fingerprint density at radius 3 is 2.46 bits per heavy atom. The van der Waals surface area contributed by atoms with Crippen molar-refractivity contribution in [2.24, 2.45) is 0 Å². The number of hydrogen-bond donors (Lipinski definition) is 2. The molecule has 5 rings (SSSR count). The monoisotopic (exact) mass is 555 g/mol. The molecule has 3 heterocycles. The van der Waals surface area contributed by atoms with Gasteiger partial charge in [-0.05, 0) is 43.2 Å². The van der Waals surface area contributed by atoms with Crippen molar-refractivity contribution >= 4 is 71.9 Å². The van der Waals surface area contributed by atoms with Crippen LogP contribution in [-0.2, 0) is 11.3 Å². The quantitative estimate of drug-likeness (QED) is 0.383. The molecule has 0 bridgehead atoms. The number of amides is 1. The van der Waals surface area contributed by atoms with Crippen molar-refractivity contribution in [1.29, 1.82) is 0 Å². The van der Waals surface area contributed by atoms with E-state index in [4.69, 9.17) is 0 Å². The minimum absolute atomic E-state index is 0. The molecule has 10 heteroatoms. The first kappa shape index (κ1) is 29.5. The van der Waals surface area contributed by atoms with E-state index in [9.17, 15) is 4.79 Å². The van der Waals surface area contributed by atoms with Crippen molar-refractivity contribution in [1.82, 2.24) is 25.3 Å². The van der Waals surface area contributed by atoms with Gasteiger partial charge in [-0.2, -0.15) is 5.10 Å². The Labute approximate surface area is 229 Å². The number of hydrogen-bond acceptors (Lipinski definition) is 5. The van der Waals surface area contributed by atoms with Crippen LogP contribution in [0.4, 0.5) is 0 Å². The summed E-state index contributed by atoms with van der Waals surface area (Å²) in [5, 5.41) is 11.6. The minimum Gasteiger partial charge on any atom is -0.352 e. The van der Waals surface area contributed by atoms with Crippen LogP contribution in [0.1, 0.15) is 24.1 Å². The van der Waals surface area contributed by atoms with E-state index in [-0.39, 0.29) is 43.1 Å². The number of aromatic nitrogens is 2. The van der Waals surface area contributed by atoms with Crippen LogP contribution in [0.2, 0.25) is 0 Å². The summed E-state index contributed by atoms with van der Waals surface area (Å²) in [6, 6.07) is 16.8. The Morgan fingerprint density at radius 2 is 1.69 bits per heavy atom. The zero-order valence-corrected chi connectivity index (χ0v) is 22.7. The Bertz CT molecular complexity index is 1120. The molecule has 1 aromatic heterocycles.